The number of benzene rings is 1. The summed E-state index contributed by atoms with van der Waals surface area (Å²) in [5.41, 5.74) is 2.89. The van der Waals surface area contributed by atoms with Gasteiger partial charge in [0.2, 0.25) is 0 Å². The molecule has 0 bridgehead atoms. The van der Waals surface area contributed by atoms with Crippen molar-refractivity contribution in [3.63, 3.8) is 0 Å². The number of carbonyl (C=O) groups excluding carboxylic acids is 1. The molecular formula is C15H14O2. The molecular weight excluding hydrogens is 212 g/mol. The van der Waals surface area contributed by atoms with E-state index in [4.69, 9.17) is 4.42 Å². The summed E-state index contributed by atoms with van der Waals surface area (Å²) >= 11 is 0. The van der Waals surface area contributed by atoms with Gasteiger partial charge in [-0.05, 0) is 43.7 Å². The van der Waals surface area contributed by atoms with E-state index < -0.39 is 0 Å². The SMILES string of the molecule is Cc1ccc(C(=O)C=Cc2ccco2)c(C)c1. The molecule has 0 aliphatic rings. The molecule has 1 aromatic carbocycles. The number of hydrogen-bond acceptors (Lipinski definition) is 2. The van der Waals surface area contributed by atoms with Crippen molar-refractivity contribution >= 4 is 11.9 Å². The Hall–Kier alpha value is -2.09. The van der Waals surface area contributed by atoms with Crippen LogP contribution in [-0.2, 0) is 0 Å². The van der Waals surface area contributed by atoms with E-state index in [2.05, 4.69) is 0 Å². The lowest BCUT2D eigenvalue weighted by atomic mass is 10.0. The summed E-state index contributed by atoms with van der Waals surface area (Å²) in [6.07, 6.45) is 4.80. The lowest BCUT2D eigenvalue weighted by molar-refractivity contribution is 0.104. The second-order valence-electron chi connectivity index (χ2n) is 4.03. The lowest BCUT2D eigenvalue weighted by Crippen LogP contribution is -1.97. The summed E-state index contributed by atoms with van der Waals surface area (Å²) in [6, 6.07) is 9.42. The van der Waals surface area contributed by atoms with Gasteiger partial charge >= 0.3 is 0 Å². The molecule has 0 spiro atoms. The van der Waals surface area contributed by atoms with Crippen molar-refractivity contribution in [3.05, 3.63) is 65.1 Å². The van der Waals surface area contributed by atoms with Crippen molar-refractivity contribution in [1.29, 1.82) is 0 Å². The van der Waals surface area contributed by atoms with Gasteiger partial charge in [-0.1, -0.05) is 23.8 Å². The molecule has 2 nitrogen and oxygen atoms in total. The Morgan fingerprint density at radius 3 is 2.71 bits per heavy atom. The predicted molar refractivity (Wildman–Crippen MR) is 68.0 cm³/mol. The first-order chi connectivity index (χ1) is 8.16. The van der Waals surface area contributed by atoms with Crippen molar-refractivity contribution in [2.75, 3.05) is 0 Å². The fraction of sp³-hybridized carbons (Fsp3) is 0.133. The number of hydrogen-bond donors (Lipinski definition) is 0. The van der Waals surface area contributed by atoms with Crippen molar-refractivity contribution in [2.45, 2.75) is 13.8 Å². The van der Waals surface area contributed by atoms with Crippen LogP contribution < -0.4 is 0 Å². The number of aryl methyl sites for hydroxylation is 2. The second-order valence-corrected chi connectivity index (χ2v) is 4.03. The molecule has 0 saturated carbocycles. The third-order valence-corrected chi connectivity index (χ3v) is 2.59. The van der Waals surface area contributed by atoms with Gasteiger partial charge in [0.25, 0.3) is 0 Å². The first kappa shape index (κ1) is 11.4. The van der Waals surface area contributed by atoms with E-state index >= 15 is 0 Å². The standard InChI is InChI=1S/C15H14O2/c1-11-5-7-14(12(2)10-11)15(16)8-6-13-4-3-9-17-13/h3-10H,1-2H3. The van der Waals surface area contributed by atoms with Crippen LogP contribution in [0.2, 0.25) is 0 Å². The number of furan rings is 1. The summed E-state index contributed by atoms with van der Waals surface area (Å²) in [4.78, 5) is 11.9. The van der Waals surface area contributed by atoms with Crippen LogP contribution in [0.5, 0.6) is 0 Å². The summed E-state index contributed by atoms with van der Waals surface area (Å²) in [5, 5.41) is 0. The molecule has 0 amide bonds. The summed E-state index contributed by atoms with van der Waals surface area (Å²) in [6.45, 7) is 3.96. The second kappa shape index (κ2) is 4.83. The summed E-state index contributed by atoms with van der Waals surface area (Å²) in [5.74, 6) is 0.682. The molecule has 2 rings (SSSR count). The number of allylic oxidation sites excluding steroid dienone is 1. The zero-order chi connectivity index (χ0) is 12.3. The van der Waals surface area contributed by atoms with Crippen molar-refractivity contribution < 1.29 is 9.21 Å². The van der Waals surface area contributed by atoms with Gasteiger partial charge in [0, 0.05) is 5.56 Å². The maximum atomic E-state index is 11.9. The molecule has 86 valence electrons. The number of carbonyl (C=O) groups is 1. The first-order valence-electron chi connectivity index (χ1n) is 5.50. The van der Waals surface area contributed by atoms with E-state index in [9.17, 15) is 4.79 Å². The largest absolute Gasteiger partial charge is 0.465 e. The van der Waals surface area contributed by atoms with Gasteiger partial charge in [-0.2, -0.15) is 0 Å². The van der Waals surface area contributed by atoms with E-state index in [0.717, 1.165) is 16.7 Å². The Balaban J connectivity index is 2.20. The van der Waals surface area contributed by atoms with Crippen LogP contribution >= 0.6 is 0 Å². The Labute approximate surface area is 101 Å². The highest BCUT2D eigenvalue weighted by Crippen LogP contribution is 2.12. The Bertz CT molecular complexity index is 548. The zero-order valence-electron chi connectivity index (χ0n) is 9.94. The van der Waals surface area contributed by atoms with Gasteiger partial charge in [0.15, 0.2) is 5.78 Å². The van der Waals surface area contributed by atoms with Gasteiger partial charge in [-0.25, -0.2) is 0 Å². The molecule has 17 heavy (non-hydrogen) atoms. The Morgan fingerprint density at radius 1 is 1.24 bits per heavy atom. The zero-order valence-corrected chi connectivity index (χ0v) is 9.94. The van der Waals surface area contributed by atoms with Crippen LogP contribution in [0.3, 0.4) is 0 Å². The van der Waals surface area contributed by atoms with Gasteiger partial charge in [-0.15, -0.1) is 0 Å². The van der Waals surface area contributed by atoms with Crippen molar-refractivity contribution in [1.82, 2.24) is 0 Å². The molecule has 0 radical (unpaired) electrons. The van der Waals surface area contributed by atoms with Gasteiger partial charge in [0.1, 0.15) is 5.76 Å². The third kappa shape index (κ3) is 2.72. The van der Waals surface area contributed by atoms with Gasteiger partial charge in [-0.3, -0.25) is 4.79 Å². The van der Waals surface area contributed by atoms with E-state index in [1.54, 1.807) is 18.4 Å². The van der Waals surface area contributed by atoms with Crippen LogP contribution in [-0.4, -0.2) is 5.78 Å². The maximum Gasteiger partial charge on any atom is 0.186 e. The fourth-order valence-corrected chi connectivity index (χ4v) is 1.72. The van der Waals surface area contributed by atoms with E-state index in [-0.39, 0.29) is 5.78 Å². The Kier molecular flexibility index (Phi) is 3.24. The molecule has 0 aliphatic carbocycles. The summed E-state index contributed by atoms with van der Waals surface area (Å²) < 4.78 is 5.13. The molecule has 0 unspecified atom stereocenters. The molecule has 1 heterocycles. The lowest BCUT2D eigenvalue weighted by Gasteiger charge is -2.02. The van der Waals surface area contributed by atoms with Gasteiger partial charge in [0.05, 0.1) is 6.26 Å². The Morgan fingerprint density at radius 2 is 2.06 bits per heavy atom. The highest BCUT2D eigenvalue weighted by Gasteiger charge is 2.05. The predicted octanol–water partition coefficient (Wildman–Crippen LogP) is 3.79. The van der Waals surface area contributed by atoms with E-state index in [0.29, 0.717) is 5.76 Å². The van der Waals surface area contributed by atoms with Gasteiger partial charge < -0.3 is 4.42 Å². The van der Waals surface area contributed by atoms with Crippen LogP contribution in [0.4, 0.5) is 0 Å². The highest BCUT2D eigenvalue weighted by molar-refractivity contribution is 6.07. The summed E-state index contributed by atoms with van der Waals surface area (Å²) in [7, 11) is 0. The molecule has 2 heteroatoms. The smallest absolute Gasteiger partial charge is 0.186 e. The normalized spacial score (nSPS) is 10.9. The maximum absolute atomic E-state index is 11.9. The minimum atomic E-state index is -0.00102. The van der Waals surface area contributed by atoms with Crippen LogP contribution in [0.1, 0.15) is 27.2 Å². The minimum absolute atomic E-state index is 0.00102. The minimum Gasteiger partial charge on any atom is -0.465 e. The quantitative estimate of drug-likeness (QED) is 0.588. The number of rotatable bonds is 3. The topological polar surface area (TPSA) is 30.2 Å². The molecule has 0 saturated heterocycles. The van der Waals surface area contributed by atoms with E-state index in [1.807, 2.05) is 38.1 Å². The van der Waals surface area contributed by atoms with Crippen molar-refractivity contribution in [2.24, 2.45) is 0 Å². The first-order valence-corrected chi connectivity index (χ1v) is 5.50. The molecule has 1 aromatic heterocycles. The molecule has 0 fully saturated rings. The van der Waals surface area contributed by atoms with Crippen molar-refractivity contribution in [3.8, 4) is 0 Å². The number of ketones is 1. The highest BCUT2D eigenvalue weighted by atomic mass is 16.3. The molecule has 0 N–H and O–H groups in total. The molecule has 2 aromatic rings. The van der Waals surface area contributed by atoms with E-state index in [1.165, 1.54) is 6.08 Å². The van der Waals surface area contributed by atoms with Crippen LogP contribution in [0.15, 0.2) is 47.1 Å². The van der Waals surface area contributed by atoms with Crippen LogP contribution in [0.25, 0.3) is 6.08 Å². The monoisotopic (exact) mass is 226 g/mol. The third-order valence-electron chi connectivity index (χ3n) is 2.59. The van der Waals surface area contributed by atoms with Crippen LogP contribution in [0, 0.1) is 13.8 Å². The molecule has 0 atom stereocenters. The fourth-order valence-electron chi connectivity index (χ4n) is 1.72. The average Bonchev–Trinajstić information content (AvgIpc) is 2.78. The molecule has 0 aliphatic heterocycles. The average molecular weight is 226 g/mol.